The zero-order valence-electron chi connectivity index (χ0n) is 8.24. The molecule has 0 saturated carbocycles. The number of halogens is 1. The van der Waals surface area contributed by atoms with Crippen LogP contribution < -0.4 is 5.43 Å². The second kappa shape index (κ2) is 6.19. The van der Waals surface area contributed by atoms with E-state index in [4.69, 9.17) is 4.74 Å². The molecule has 0 atom stereocenters. The number of hydrogen-bond acceptors (Lipinski definition) is 4. The smallest absolute Gasteiger partial charge is 0.366 e. The highest BCUT2D eigenvalue weighted by molar-refractivity contribution is 9.19. The van der Waals surface area contributed by atoms with Gasteiger partial charge in [-0.1, -0.05) is 18.2 Å². The average Bonchev–Trinajstić information content (AvgIpc) is 2.27. The van der Waals surface area contributed by atoms with Crippen LogP contribution in [-0.2, 0) is 9.53 Å². The van der Waals surface area contributed by atoms with Crippen LogP contribution in [0.5, 0.6) is 0 Å². The lowest BCUT2D eigenvalue weighted by atomic mass is 10.3. The van der Waals surface area contributed by atoms with Gasteiger partial charge in [-0.05, 0) is 35.0 Å². The zero-order chi connectivity index (χ0) is 11.1. The van der Waals surface area contributed by atoms with Crippen LogP contribution in [0.1, 0.15) is 6.92 Å². The summed E-state index contributed by atoms with van der Waals surface area (Å²) in [7, 11) is 0. The van der Waals surface area contributed by atoms with Gasteiger partial charge in [0.1, 0.15) is 0 Å². The summed E-state index contributed by atoms with van der Waals surface area (Å²) in [6.45, 7) is 2.07. The Hall–Kier alpha value is -1.36. The number of nitrogens with one attached hydrogen (secondary N) is 1. The van der Waals surface area contributed by atoms with E-state index < -0.39 is 5.97 Å². The Morgan fingerprint density at radius 1 is 1.47 bits per heavy atom. The van der Waals surface area contributed by atoms with Gasteiger partial charge in [0.2, 0.25) is 4.62 Å². The van der Waals surface area contributed by atoms with Crippen molar-refractivity contribution in [3.63, 3.8) is 0 Å². The number of nitrogens with zero attached hydrogens (tertiary/aromatic N) is 1. The van der Waals surface area contributed by atoms with Gasteiger partial charge >= 0.3 is 5.97 Å². The number of ether oxygens (including phenoxy) is 1. The number of rotatable bonds is 4. The summed E-state index contributed by atoms with van der Waals surface area (Å²) in [4.78, 5) is 11.1. The molecule has 0 amide bonds. The van der Waals surface area contributed by atoms with Gasteiger partial charge in [0.15, 0.2) is 0 Å². The molecule has 15 heavy (non-hydrogen) atoms. The van der Waals surface area contributed by atoms with Crippen LogP contribution >= 0.6 is 15.9 Å². The van der Waals surface area contributed by atoms with Gasteiger partial charge in [-0.15, -0.1) is 0 Å². The first-order valence-electron chi connectivity index (χ1n) is 4.45. The number of carbonyl (C=O) groups is 1. The van der Waals surface area contributed by atoms with E-state index in [2.05, 4.69) is 26.5 Å². The van der Waals surface area contributed by atoms with E-state index in [1.807, 2.05) is 30.3 Å². The van der Waals surface area contributed by atoms with Crippen molar-refractivity contribution in [2.24, 2.45) is 5.10 Å². The van der Waals surface area contributed by atoms with Gasteiger partial charge in [-0.25, -0.2) is 4.79 Å². The van der Waals surface area contributed by atoms with Crippen molar-refractivity contribution in [3.8, 4) is 0 Å². The van der Waals surface area contributed by atoms with Crippen LogP contribution in [0.25, 0.3) is 0 Å². The quantitative estimate of drug-likeness (QED) is 0.519. The first kappa shape index (κ1) is 11.7. The summed E-state index contributed by atoms with van der Waals surface area (Å²) >= 11 is 3.01. The Labute approximate surface area is 96.4 Å². The lowest BCUT2D eigenvalue weighted by molar-refractivity contribution is -0.134. The lowest BCUT2D eigenvalue weighted by Crippen LogP contribution is -2.12. The molecule has 0 unspecified atom stereocenters. The molecule has 1 aromatic carbocycles. The third kappa shape index (κ3) is 4.12. The lowest BCUT2D eigenvalue weighted by Gasteiger charge is -2.01. The fraction of sp³-hybridized carbons (Fsp3) is 0.200. The van der Waals surface area contributed by atoms with Crippen molar-refractivity contribution in [1.29, 1.82) is 0 Å². The molecule has 0 radical (unpaired) electrons. The van der Waals surface area contributed by atoms with Gasteiger partial charge in [0, 0.05) is 0 Å². The first-order chi connectivity index (χ1) is 7.24. The molecule has 0 fully saturated rings. The molecule has 1 aromatic rings. The van der Waals surface area contributed by atoms with Crippen LogP contribution in [0.15, 0.2) is 35.4 Å². The highest BCUT2D eigenvalue weighted by Gasteiger charge is 2.07. The van der Waals surface area contributed by atoms with Crippen LogP contribution in [0.2, 0.25) is 0 Å². The summed E-state index contributed by atoms with van der Waals surface area (Å²) in [6.07, 6.45) is 0. The van der Waals surface area contributed by atoms with Gasteiger partial charge in [0.25, 0.3) is 0 Å². The van der Waals surface area contributed by atoms with Crippen molar-refractivity contribution in [3.05, 3.63) is 30.3 Å². The number of para-hydroxylation sites is 1. The van der Waals surface area contributed by atoms with E-state index in [0.717, 1.165) is 5.69 Å². The predicted octanol–water partition coefficient (Wildman–Crippen LogP) is 2.37. The highest BCUT2D eigenvalue weighted by atomic mass is 79.9. The minimum Gasteiger partial charge on any atom is -0.461 e. The summed E-state index contributed by atoms with van der Waals surface area (Å²) in [5.74, 6) is -0.485. The average molecular weight is 271 g/mol. The molecule has 80 valence electrons. The highest BCUT2D eigenvalue weighted by Crippen LogP contribution is 2.05. The van der Waals surface area contributed by atoms with Gasteiger partial charge < -0.3 is 4.74 Å². The third-order valence-electron chi connectivity index (χ3n) is 1.50. The van der Waals surface area contributed by atoms with Gasteiger partial charge in [0.05, 0.1) is 12.3 Å². The minimum absolute atomic E-state index is 0.119. The molecule has 0 saturated heterocycles. The Morgan fingerprint density at radius 2 is 2.13 bits per heavy atom. The fourth-order valence-corrected chi connectivity index (χ4v) is 1.07. The van der Waals surface area contributed by atoms with E-state index in [9.17, 15) is 4.79 Å². The first-order valence-corrected chi connectivity index (χ1v) is 5.24. The van der Waals surface area contributed by atoms with E-state index >= 15 is 0 Å². The number of esters is 1. The second-order valence-corrected chi connectivity index (χ2v) is 3.35. The molecule has 0 bridgehead atoms. The minimum atomic E-state index is -0.485. The number of anilines is 1. The summed E-state index contributed by atoms with van der Waals surface area (Å²) in [5, 5.41) is 3.82. The molecule has 4 nitrogen and oxygen atoms in total. The Kier molecular flexibility index (Phi) is 4.83. The van der Waals surface area contributed by atoms with Gasteiger partial charge in [-0.2, -0.15) is 5.10 Å². The summed E-state index contributed by atoms with van der Waals surface area (Å²) < 4.78 is 4.85. The molecule has 1 N–H and O–H groups in total. The Bertz CT molecular complexity index is 352. The maximum atomic E-state index is 11.1. The number of benzene rings is 1. The molecule has 0 aromatic heterocycles. The summed E-state index contributed by atoms with van der Waals surface area (Å²) in [5.41, 5.74) is 3.53. The molecule has 5 heteroatoms. The standard InChI is InChI=1S/C10H11BrN2O2/c1-2-15-10(14)9(11)13-12-8-6-4-3-5-7-8/h3-7,12H,2H2,1H3/b13-9+. The van der Waals surface area contributed by atoms with Crippen molar-refractivity contribution in [2.75, 3.05) is 12.0 Å². The monoisotopic (exact) mass is 270 g/mol. The van der Waals surface area contributed by atoms with Crippen LogP contribution in [-0.4, -0.2) is 17.2 Å². The molecule has 1 rings (SSSR count). The molecule has 0 aliphatic carbocycles. The molecule has 0 aliphatic heterocycles. The van der Waals surface area contributed by atoms with Crippen molar-refractivity contribution < 1.29 is 9.53 Å². The number of hydrogen-bond donors (Lipinski definition) is 1. The Morgan fingerprint density at radius 3 is 2.73 bits per heavy atom. The topological polar surface area (TPSA) is 50.7 Å². The second-order valence-electron chi connectivity index (χ2n) is 2.60. The maximum Gasteiger partial charge on any atom is 0.366 e. The number of carbonyl (C=O) groups excluding carboxylic acids is 1. The Balaban J connectivity index is 2.54. The molecule has 0 aliphatic rings. The van der Waals surface area contributed by atoms with E-state index in [1.54, 1.807) is 6.92 Å². The molecule has 0 heterocycles. The normalized spacial score (nSPS) is 10.9. The van der Waals surface area contributed by atoms with Crippen molar-refractivity contribution in [1.82, 2.24) is 0 Å². The van der Waals surface area contributed by atoms with Crippen molar-refractivity contribution in [2.45, 2.75) is 6.92 Å². The third-order valence-corrected chi connectivity index (χ3v) is 2.00. The van der Waals surface area contributed by atoms with Gasteiger partial charge in [-0.3, -0.25) is 5.43 Å². The van der Waals surface area contributed by atoms with Crippen LogP contribution in [0.4, 0.5) is 5.69 Å². The van der Waals surface area contributed by atoms with Crippen LogP contribution in [0.3, 0.4) is 0 Å². The predicted molar refractivity (Wildman–Crippen MR) is 63.1 cm³/mol. The van der Waals surface area contributed by atoms with E-state index in [1.165, 1.54) is 0 Å². The SMILES string of the molecule is CCOC(=O)/C(Br)=N\Nc1ccccc1. The maximum absolute atomic E-state index is 11.1. The summed E-state index contributed by atoms with van der Waals surface area (Å²) in [6, 6.07) is 9.32. The number of hydrazone groups is 1. The molecular weight excluding hydrogens is 260 g/mol. The van der Waals surface area contributed by atoms with E-state index in [0.29, 0.717) is 6.61 Å². The van der Waals surface area contributed by atoms with Crippen molar-refractivity contribution >= 4 is 32.2 Å². The fourth-order valence-electron chi connectivity index (χ4n) is 0.863. The zero-order valence-corrected chi connectivity index (χ0v) is 9.82. The largest absolute Gasteiger partial charge is 0.461 e. The molecular formula is C10H11BrN2O2. The van der Waals surface area contributed by atoms with Crippen LogP contribution in [0, 0.1) is 0 Å². The van der Waals surface area contributed by atoms with E-state index in [-0.39, 0.29) is 4.62 Å². The molecule has 0 spiro atoms.